The zero-order chi connectivity index (χ0) is 19.6. The number of thiophene rings is 1. The van der Waals surface area contributed by atoms with Crippen molar-refractivity contribution < 1.29 is 9.47 Å². The molecule has 0 saturated heterocycles. The van der Waals surface area contributed by atoms with Gasteiger partial charge in [-0.05, 0) is 44.6 Å². The second-order valence-corrected chi connectivity index (χ2v) is 7.23. The van der Waals surface area contributed by atoms with Crippen LogP contribution in [0.3, 0.4) is 0 Å². The molecule has 1 aromatic heterocycles. The van der Waals surface area contributed by atoms with E-state index in [4.69, 9.17) is 14.5 Å². The quantitative estimate of drug-likeness (QED) is 0.509. The van der Waals surface area contributed by atoms with E-state index in [-0.39, 0.29) is 0 Å². The van der Waals surface area contributed by atoms with E-state index < -0.39 is 0 Å². The monoisotopic (exact) mass is 390 g/mol. The number of hydrogen-bond acceptors (Lipinski definition) is 5. The number of nitrogens with zero attached hydrogens (tertiary/aromatic N) is 2. The first kappa shape index (κ1) is 21.1. The van der Waals surface area contributed by atoms with E-state index in [1.807, 2.05) is 18.2 Å². The van der Waals surface area contributed by atoms with E-state index in [0.29, 0.717) is 12.6 Å². The van der Waals surface area contributed by atoms with Gasteiger partial charge >= 0.3 is 0 Å². The molecule has 0 aliphatic heterocycles. The maximum Gasteiger partial charge on any atom is 0.191 e. The van der Waals surface area contributed by atoms with Crippen molar-refractivity contribution in [2.24, 2.45) is 4.99 Å². The Morgan fingerprint density at radius 3 is 2.59 bits per heavy atom. The molecular formula is C20H30N4O2S. The van der Waals surface area contributed by atoms with E-state index in [0.717, 1.165) is 36.1 Å². The molecular weight excluding hydrogens is 360 g/mol. The number of ether oxygens (including phenoxy) is 2. The zero-order valence-corrected chi connectivity index (χ0v) is 17.6. The van der Waals surface area contributed by atoms with Gasteiger partial charge in [0.2, 0.25) is 0 Å². The molecule has 7 heteroatoms. The highest BCUT2D eigenvalue weighted by atomic mass is 32.1. The Labute approximate surface area is 166 Å². The Bertz CT molecular complexity index is 717. The number of benzene rings is 1. The topological polar surface area (TPSA) is 58.1 Å². The van der Waals surface area contributed by atoms with Crippen molar-refractivity contribution in [1.82, 2.24) is 15.5 Å². The van der Waals surface area contributed by atoms with Crippen molar-refractivity contribution in [2.75, 3.05) is 41.4 Å². The molecule has 0 amide bonds. The zero-order valence-electron chi connectivity index (χ0n) is 16.8. The lowest BCUT2D eigenvalue weighted by atomic mass is 10.2. The standard InChI is InChI=1S/C20H30N4O2S/c1-6-21-20(23-14-17(24(2)3)19-8-7-11-27-19)22-13-15-9-10-16(25-4)12-18(15)26-5/h7-12,17H,6,13-14H2,1-5H3,(H2,21,22,23). The summed E-state index contributed by atoms with van der Waals surface area (Å²) in [7, 11) is 7.50. The molecule has 0 aliphatic carbocycles. The first-order valence-corrected chi connectivity index (χ1v) is 9.89. The maximum atomic E-state index is 5.46. The fraction of sp³-hybridized carbons (Fsp3) is 0.450. The van der Waals surface area contributed by atoms with Crippen molar-refractivity contribution >= 4 is 17.3 Å². The van der Waals surface area contributed by atoms with Gasteiger partial charge in [0.15, 0.2) is 5.96 Å². The van der Waals surface area contributed by atoms with E-state index in [1.165, 1.54) is 4.88 Å². The lowest BCUT2D eigenvalue weighted by Gasteiger charge is -2.24. The fourth-order valence-corrected chi connectivity index (χ4v) is 3.62. The largest absolute Gasteiger partial charge is 0.497 e. The molecule has 1 heterocycles. The highest BCUT2D eigenvalue weighted by Crippen LogP contribution is 2.25. The van der Waals surface area contributed by atoms with E-state index >= 15 is 0 Å². The minimum atomic E-state index is 0.296. The summed E-state index contributed by atoms with van der Waals surface area (Å²) in [4.78, 5) is 8.27. The minimum absolute atomic E-state index is 0.296. The molecule has 1 atom stereocenters. The normalized spacial score (nSPS) is 12.7. The number of nitrogens with one attached hydrogen (secondary N) is 2. The van der Waals surface area contributed by atoms with E-state index in [2.05, 4.69) is 54.1 Å². The molecule has 0 spiro atoms. The second kappa shape index (κ2) is 10.8. The highest BCUT2D eigenvalue weighted by molar-refractivity contribution is 7.10. The Kier molecular flexibility index (Phi) is 8.42. The molecule has 2 aromatic rings. The SMILES string of the molecule is CCNC(=NCc1ccc(OC)cc1OC)NCC(c1cccs1)N(C)C. The Hall–Kier alpha value is -2.25. The van der Waals surface area contributed by atoms with E-state index in [9.17, 15) is 0 Å². The number of likely N-dealkylation sites (N-methyl/N-ethyl adjacent to an activating group) is 1. The summed E-state index contributed by atoms with van der Waals surface area (Å²) in [5.41, 5.74) is 1.01. The first-order chi connectivity index (χ1) is 13.1. The third-order valence-electron chi connectivity index (χ3n) is 4.20. The summed E-state index contributed by atoms with van der Waals surface area (Å²) < 4.78 is 10.7. The average Bonchev–Trinajstić information content (AvgIpc) is 3.20. The van der Waals surface area contributed by atoms with Crippen LogP contribution in [0.2, 0.25) is 0 Å². The summed E-state index contributed by atoms with van der Waals surface area (Å²) in [5, 5.41) is 8.88. The van der Waals surface area contributed by atoms with Gasteiger partial charge in [0.25, 0.3) is 0 Å². The second-order valence-electron chi connectivity index (χ2n) is 6.25. The molecule has 0 aliphatic rings. The van der Waals surface area contributed by atoms with Gasteiger partial charge in [0, 0.05) is 29.6 Å². The van der Waals surface area contributed by atoms with Gasteiger partial charge in [-0.3, -0.25) is 0 Å². The molecule has 0 saturated carbocycles. The van der Waals surface area contributed by atoms with Gasteiger partial charge in [-0.1, -0.05) is 6.07 Å². The summed E-state index contributed by atoms with van der Waals surface area (Å²) in [6, 6.07) is 10.3. The van der Waals surface area contributed by atoms with Crippen molar-refractivity contribution in [3.8, 4) is 11.5 Å². The van der Waals surface area contributed by atoms with Crippen LogP contribution in [0.5, 0.6) is 11.5 Å². The van der Waals surface area contributed by atoms with Gasteiger partial charge in [-0.15, -0.1) is 11.3 Å². The maximum absolute atomic E-state index is 5.46. The molecule has 6 nitrogen and oxygen atoms in total. The molecule has 2 N–H and O–H groups in total. The average molecular weight is 391 g/mol. The van der Waals surface area contributed by atoms with Crippen LogP contribution in [0.1, 0.15) is 23.4 Å². The smallest absolute Gasteiger partial charge is 0.191 e. The van der Waals surface area contributed by atoms with E-state index in [1.54, 1.807) is 25.6 Å². The van der Waals surface area contributed by atoms with Crippen LogP contribution in [-0.2, 0) is 6.54 Å². The number of aliphatic imine (C=N–C) groups is 1. The molecule has 148 valence electrons. The number of rotatable bonds is 9. The molecule has 0 fully saturated rings. The fourth-order valence-electron chi connectivity index (χ4n) is 2.70. The van der Waals surface area contributed by atoms with Crippen LogP contribution in [0.4, 0.5) is 0 Å². The van der Waals surface area contributed by atoms with Gasteiger partial charge in [0.1, 0.15) is 11.5 Å². The van der Waals surface area contributed by atoms with Crippen LogP contribution in [0, 0.1) is 0 Å². The molecule has 1 aromatic carbocycles. The van der Waals surface area contributed by atoms with Crippen molar-refractivity contribution in [3.63, 3.8) is 0 Å². The van der Waals surface area contributed by atoms with Gasteiger partial charge < -0.3 is 25.0 Å². The number of guanidine groups is 1. The van der Waals surface area contributed by atoms with Crippen LogP contribution in [0.15, 0.2) is 40.7 Å². The highest BCUT2D eigenvalue weighted by Gasteiger charge is 2.15. The number of methoxy groups -OCH3 is 2. The lowest BCUT2D eigenvalue weighted by Crippen LogP contribution is -2.41. The molecule has 1 unspecified atom stereocenters. The summed E-state index contributed by atoms with van der Waals surface area (Å²) >= 11 is 1.77. The van der Waals surface area contributed by atoms with Crippen LogP contribution in [0.25, 0.3) is 0 Å². The predicted molar refractivity (Wildman–Crippen MR) is 113 cm³/mol. The molecule has 0 radical (unpaired) electrons. The van der Waals surface area contributed by atoms with Crippen molar-refractivity contribution in [1.29, 1.82) is 0 Å². The molecule has 27 heavy (non-hydrogen) atoms. The summed E-state index contributed by atoms with van der Waals surface area (Å²) in [5.74, 6) is 2.34. The first-order valence-electron chi connectivity index (χ1n) is 9.02. The van der Waals surface area contributed by atoms with Gasteiger partial charge in [-0.2, -0.15) is 0 Å². The lowest BCUT2D eigenvalue weighted by molar-refractivity contribution is 0.302. The number of hydrogen-bond donors (Lipinski definition) is 2. The Morgan fingerprint density at radius 1 is 1.19 bits per heavy atom. The van der Waals surface area contributed by atoms with Crippen LogP contribution >= 0.6 is 11.3 Å². The minimum Gasteiger partial charge on any atom is -0.497 e. The van der Waals surface area contributed by atoms with Crippen LogP contribution in [-0.4, -0.2) is 52.3 Å². The predicted octanol–water partition coefficient (Wildman–Crippen LogP) is 3.12. The van der Waals surface area contributed by atoms with Crippen LogP contribution < -0.4 is 20.1 Å². The van der Waals surface area contributed by atoms with Crippen molar-refractivity contribution in [3.05, 3.63) is 46.2 Å². The molecule has 0 bridgehead atoms. The third-order valence-corrected chi connectivity index (χ3v) is 5.18. The summed E-state index contributed by atoms with van der Waals surface area (Å²) in [6.07, 6.45) is 0. The van der Waals surface area contributed by atoms with Gasteiger partial charge in [0.05, 0.1) is 26.8 Å². The summed E-state index contributed by atoms with van der Waals surface area (Å²) in [6.45, 7) is 4.16. The Morgan fingerprint density at radius 2 is 2.00 bits per heavy atom. The Balaban J connectivity index is 2.07. The van der Waals surface area contributed by atoms with Gasteiger partial charge in [-0.25, -0.2) is 4.99 Å². The third kappa shape index (κ3) is 6.15. The molecule has 2 rings (SSSR count). The van der Waals surface area contributed by atoms with Crippen molar-refractivity contribution in [2.45, 2.75) is 19.5 Å².